The molecule has 0 saturated heterocycles. The average Bonchev–Trinajstić information content (AvgIpc) is 2.68. The summed E-state index contributed by atoms with van der Waals surface area (Å²) in [4.78, 5) is 2.33. The Bertz CT molecular complexity index is 548. The fraction of sp³-hybridized carbons (Fsp3) is 0.714. The third-order valence-electron chi connectivity index (χ3n) is 3.24. The smallest absolute Gasteiger partial charge is 0.244 e. The first-order chi connectivity index (χ1) is 9.14. The topological polar surface area (TPSA) is 63.4 Å². The van der Waals surface area contributed by atoms with Gasteiger partial charge in [0.15, 0.2) is 0 Å². The van der Waals surface area contributed by atoms with Crippen molar-refractivity contribution < 1.29 is 8.42 Å². The highest BCUT2D eigenvalue weighted by Gasteiger charge is 2.31. The number of rotatable bonds is 7. The third kappa shape index (κ3) is 4.04. The van der Waals surface area contributed by atoms with E-state index < -0.39 is 10.0 Å². The predicted octanol–water partition coefficient (Wildman–Crippen LogP) is 2.75. The van der Waals surface area contributed by atoms with E-state index in [1.807, 2.05) is 34.6 Å². The van der Waals surface area contributed by atoms with Crippen LogP contribution >= 0.6 is 11.3 Å². The molecule has 1 aromatic heterocycles. The lowest BCUT2D eigenvalue weighted by Gasteiger charge is -2.31. The van der Waals surface area contributed by atoms with Crippen molar-refractivity contribution in [2.45, 2.75) is 45.9 Å². The van der Waals surface area contributed by atoms with E-state index in [-0.39, 0.29) is 5.41 Å². The van der Waals surface area contributed by atoms with Crippen LogP contribution < -0.4 is 5.73 Å². The molecule has 0 aliphatic heterocycles. The summed E-state index contributed by atoms with van der Waals surface area (Å²) in [7, 11) is -3.43. The fourth-order valence-corrected chi connectivity index (χ4v) is 5.32. The summed E-state index contributed by atoms with van der Waals surface area (Å²) in [6.07, 6.45) is 0.794. The van der Waals surface area contributed by atoms with Crippen LogP contribution in [0.15, 0.2) is 11.0 Å². The van der Waals surface area contributed by atoms with E-state index in [2.05, 4.69) is 0 Å². The lowest BCUT2D eigenvalue weighted by molar-refractivity contribution is 0.266. The molecule has 0 amide bonds. The van der Waals surface area contributed by atoms with E-state index >= 15 is 0 Å². The van der Waals surface area contributed by atoms with Gasteiger partial charge in [-0.25, -0.2) is 8.42 Å². The predicted molar refractivity (Wildman–Crippen MR) is 85.7 cm³/mol. The van der Waals surface area contributed by atoms with E-state index in [0.29, 0.717) is 24.5 Å². The van der Waals surface area contributed by atoms with Gasteiger partial charge in [0.2, 0.25) is 10.0 Å². The summed E-state index contributed by atoms with van der Waals surface area (Å²) in [6, 6.07) is 1.77. The van der Waals surface area contributed by atoms with Gasteiger partial charge in [-0.1, -0.05) is 20.8 Å². The van der Waals surface area contributed by atoms with Gasteiger partial charge in [-0.15, -0.1) is 11.3 Å². The Morgan fingerprint density at radius 2 is 1.95 bits per heavy atom. The number of hydrogen-bond acceptors (Lipinski definition) is 4. The standard InChI is InChI=1S/C14H26N2O2S2/c1-6-7-16(10-14(4,5)9-15)20(17,18)13-8-11(2)19-12(13)3/h8H,6-7,9-10,15H2,1-5H3. The Hall–Kier alpha value is -0.430. The molecule has 0 aliphatic carbocycles. The molecule has 1 heterocycles. The molecule has 6 heteroatoms. The van der Waals surface area contributed by atoms with Gasteiger partial charge in [0.05, 0.1) is 4.90 Å². The Kier molecular flexibility index (Phi) is 5.78. The third-order valence-corrected chi connectivity index (χ3v) is 6.31. The van der Waals surface area contributed by atoms with Gasteiger partial charge in [-0.05, 0) is 38.3 Å². The fourth-order valence-electron chi connectivity index (χ4n) is 2.08. The van der Waals surface area contributed by atoms with E-state index in [9.17, 15) is 8.42 Å². The second-order valence-electron chi connectivity index (χ2n) is 5.98. The maximum atomic E-state index is 12.8. The highest BCUT2D eigenvalue weighted by molar-refractivity contribution is 7.89. The number of aryl methyl sites for hydroxylation is 2. The van der Waals surface area contributed by atoms with Crippen molar-refractivity contribution in [3.8, 4) is 0 Å². The SMILES string of the molecule is CCCN(CC(C)(C)CN)S(=O)(=O)c1cc(C)sc1C. The van der Waals surface area contributed by atoms with Crippen LogP contribution in [0, 0.1) is 19.3 Å². The first-order valence-electron chi connectivity index (χ1n) is 6.91. The first kappa shape index (κ1) is 17.6. The molecule has 0 fully saturated rings. The summed E-state index contributed by atoms with van der Waals surface area (Å²) in [5, 5.41) is 0. The number of nitrogens with two attached hydrogens (primary N) is 1. The molecular formula is C14H26N2O2S2. The summed E-state index contributed by atoms with van der Waals surface area (Å²) in [5.74, 6) is 0. The van der Waals surface area contributed by atoms with Crippen LogP contribution in [-0.4, -0.2) is 32.4 Å². The normalized spacial score (nSPS) is 13.2. The van der Waals surface area contributed by atoms with Gasteiger partial charge in [-0.2, -0.15) is 4.31 Å². The Morgan fingerprint density at radius 3 is 2.35 bits per heavy atom. The molecule has 0 atom stereocenters. The zero-order valence-corrected chi connectivity index (χ0v) is 14.7. The summed E-state index contributed by atoms with van der Waals surface area (Å²) in [5.41, 5.74) is 5.53. The molecule has 4 nitrogen and oxygen atoms in total. The molecule has 0 aromatic carbocycles. The molecule has 0 aliphatic rings. The van der Waals surface area contributed by atoms with Crippen LogP contribution in [-0.2, 0) is 10.0 Å². The molecule has 2 N–H and O–H groups in total. The van der Waals surface area contributed by atoms with Crippen molar-refractivity contribution >= 4 is 21.4 Å². The van der Waals surface area contributed by atoms with E-state index in [0.717, 1.165) is 16.2 Å². The van der Waals surface area contributed by atoms with Crippen LogP contribution in [0.4, 0.5) is 0 Å². The molecule has 20 heavy (non-hydrogen) atoms. The second-order valence-corrected chi connectivity index (χ2v) is 9.35. The van der Waals surface area contributed by atoms with Gasteiger partial charge >= 0.3 is 0 Å². The van der Waals surface area contributed by atoms with E-state index in [4.69, 9.17) is 5.73 Å². The highest BCUT2D eigenvalue weighted by Crippen LogP contribution is 2.29. The van der Waals surface area contributed by atoms with Crippen LogP contribution in [0.5, 0.6) is 0 Å². The quantitative estimate of drug-likeness (QED) is 0.841. The molecule has 0 bridgehead atoms. The van der Waals surface area contributed by atoms with E-state index in [1.54, 1.807) is 10.4 Å². The molecule has 116 valence electrons. The van der Waals surface area contributed by atoms with Gasteiger partial charge < -0.3 is 5.73 Å². The molecule has 0 radical (unpaired) electrons. The minimum atomic E-state index is -3.43. The maximum absolute atomic E-state index is 12.8. The molecule has 0 spiro atoms. The van der Waals surface area contributed by atoms with Crippen molar-refractivity contribution in [1.82, 2.24) is 4.31 Å². The highest BCUT2D eigenvalue weighted by atomic mass is 32.2. The lowest BCUT2D eigenvalue weighted by atomic mass is 9.94. The monoisotopic (exact) mass is 318 g/mol. The van der Waals surface area contributed by atoms with Crippen LogP contribution in [0.3, 0.4) is 0 Å². The molecular weight excluding hydrogens is 292 g/mol. The number of thiophene rings is 1. The minimum absolute atomic E-state index is 0.221. The Labute approximate surface area is 127 Å². The number of nitrogens with zero attached hydrogens (tertiary/aromatic N) is 1. The number of hydrogen-bond donors (Lipinski definition) is 1. The van der Waals surface area contributed by atoms with Crippen molar-refractivity contribution in [2.75, 3.05) is 19.6 Å². The summed E-state index contributed by atoms with van der Waals surface area (Å²) in [6.45, 7) is 11.2. The first-order valence-corrected chi connectivity index (χ1v) is 9.17. The summed E-state index contributed by atoms with van der Waals surface area (Å²) >= 11 is 1.52. The van der Waals surface area contributed by atoms with Crippen molar-refractivity contribution in [3.63, 3.8) is 0 Å². The zero-order chi connectivity index (χ0) is 15.6. The van der Waals surface area contributed by atoms with Crippen LogP contribution in [0.25, 0.3) is 0 Å². The minimum Gasteiger partial charge on any atom is -0.330 e. The summed E-state index contributed by atoms with van der Waals surface area (Å²) < 4.78 is 27.3. The molecule has 1 aromatic rings. The molecule has 1 rings (SSSR count). The Balaban J connectivity index is 3.16. The second kappa shape index (κ2) is 6.56. The van der Waals surface area contributed by atoms with E-state index in [1.165, 1.54) is 11.3 Å². The molecule has 0 unspecified atom stereocenters. The van der Waals surface area contributed by atoms with Gasteiger partial charge in [0.1, 0.15) is 0 Å². The Morgan fingerprint density at radius 1 is 1.35 bits per heavy atom. The van der Waals surface area contributed by atoms with Crippen molar-refractivity contribution in [2.24, 2.45) is 11.1 Å². The number of sulfonamides is 1. The van der Waals surface area contributed by atoms with Crippen molar-refractivity contribution in [1.29, 1.82) is 0 Å². The lowest BCUT2D eigenvalue weighted by Crippen LogP contribution is -2.42. The van der Waals surface area contributed by atoms with Crippen LogP contribution in [0.1, 0.15) is 36.9 Å². The van der Waals surface area contributed by atoms with Gasteiger partial charge in [0.25, 0.3) is 0 Å². The van der Waals surface area contributed by atoms with Crippen molar-refractivity contribution in [3.05, 3.63) is 15.8 Å². The average molecular weight is 319 g/mol. The maximum Gasteiger partial charge on any atom is 0.244 e. The molecule has 0 saturated carbocycles. The van der Waals surface area contributed by atoms with Gasteiger partial charge in [0, 0.05) is 22.8 Å². The largest absolute Gasteiger partial charge is 0.330 e. The van der Waals surface area contributed by atoms with Crippen LogP contribution in [0.2, 0.25) is 0 Å². The zero-order valence-electron chi connectivity index (χ0n) is 13.1. The van der Waals surface area contributed by atoms with Gasteiger partial charge in [-0.3, -0.25) is 0 Å².